The van der Waals surface area contributed by atoms with Gasteiger partial charge in [-0.3, -0.25) is 4.72 Å². The molecule has 4 rings (SSSR count). The first-order chi connectivity index (χ1) is 15.2. The van der Waals surface area contributed by atoms with Crippen LogP contribution in [0.5, 0.6) is 11.6 Å². The second-order valence-corrected chi connectivity index (χ2v) is 8.24. The fourth-order valence-electron chi connectivity index (χ4n) is 2.78. The molecule has 0 bridgehead atoms. The van der Waals surface area contributed by atoms with Crippen molar-refractivity contribution in [2.24, 2.45) is 0 Å². The van der Waals surface area contributed by atoms with Gasteiger partial charge in [0.25, 0.3) is 10.0 Å². The van der Waals surface area contributed by atoms with Gasteiger partial charge in [0, 0.05) is 24.1 Å². The molecule has 4 aromatic rings. The molecule has 164 valence electrons. The summed E-state index contributed by atoms with van der Waals surface area (Å²) in [7, 11) is -4.21. The lowest BCUT2D eigenvalue weighted by Gasteiger charge is -2.12. The summed E-state index contributed by atoms with van der Waals surface area (Å²) in [6.07, 6.45) is 0.337. The van der Waals surface area contributed by atoms with Crippen molar-refractivity contribution in [1.82, 2.24) is 14.5 Å². The van der Waals surface area contributed by atoms with Crippen molar-refractivity contribution in [2.75, 3.05) is 4.72 Å². The van der Waals surface area contributed by atoms with Gasteiger partial charge in [0.2, 0.25) is 5.88 Å². The summed E-state index contributed by atoms with van der Waals surface area (Å²) in [5.74, 6) is 1.26. The molecule has 0 saturated heterocycles. The molecular formula is C21H15F3N4O3S. The predicted molar refractivity (Wildman–Crippen MR) is 110 cm³/mol. The number of nitrogens with one attached hydrogen (secondary N) is 1. The van der Waals surface area contributed by atoms with Gasteiger partial charge in [-0.15, -0.1) is 0 Å². The minimum absolute atomic E-state index is 0.158. The summed E-state index contributed by atoms with van der Waals surface area (Å²) in [5, 5.41) is 0. The molecule has 0 radical (unpaired) electrons. The summed E-state index contributed by atoms with van der Waals surface area (Å²) in [4.78, 5) is 7.70. The zero-order chi connectivity index (χ0) is 22.8. The minimum atomic E-state index is -4.65. The molecule has 0 aliphatic heterocycles. The third kappa shape index (κ3) is 4.89. The second kappa shape index (κ2) is 8.35. The smallest absolute Gasteiger partial charge is 0.416 e. The Hall–Kier alpha value is -3.86. The van der Waals surface area contributed by atoms with E-state index in [2.05, 4.69) is 14.7 Å². The van der Waals surface area contributed by atoms with E-state index < -0.39 is 26.7 Å². The predicted octanol–water partition coefficient (Wildman–Crippen LogP) is 4.88. The highest BCUT2D eigenvalue weighted by Gasteiger charge is 2.31. The minimum Gasteiger partial charge on any atom is -0.439 e. The molecule has 0 aliphatic carbocycles. The van der Waals surface area contributed by atoms with Gasteiger partial charge in [-0.1, -0.05) is 6.07 Å². The monoisotopic (exact) mass is 460 g/mol. The highest BCUT2D eigenvalue weighted by molar-refractivity contribution is 7.92. The molecule has 0 spiro atoms. The number of hydrogen-bond donors (Lipinski definition) is 1. The summed E-state index contributed by atoms with van der Waals surface area (Å²) in [6, 6.07) is 14.7. The van der Waals surface area contributed by atoms with Crippen LogP contribution >= 0.6 is 0 Å². The first-order valence-corrected chi connectivity index (χ1v) is 10.6. The Labute approximate surface area is 181 Å². The fraction of sp³-hybridized carbons (Fsp3) is 0.0476. The number of ether oxygens (including phenoxy) is 1. The molecule has 2 heterocycles. The number of aromatic nitrogens is 3. The number of hydrogen-bond acceptors (Lipinski definition) is 5. The molecule has 1 N–H and O–H groups in total. The van der Waals surface area contributed by atoms with Crippen molar-refractivity contribution < 1.29 is 26.3 Å². The molecule has 0 fully saturated rings. The van der Waals surface area contributed by atoms with Crippen molar-refractivity contribution in [2.45, 2.75) is 11.1 Å². The Morgan fingerprint density at radius 1 is 0.906 bits per heavy atom. The van der Waals surface area contributed by atoms with Gasteiger partial charge in [-0.25, -0.2) is 18.4 Å². The molecule has 0 amide bonds. The zero-order valence-electron chi connectivity index (χ0n) is 16.2. The summed E-state index contributed by atoms with van der Waals surface area (Å²) in [6.45, 7) is 0. The number of sulfonamides is 1. The Kier molecular flexibility index (Phi) is 5.57. The zero-order valence-corrected chi connectivity index (χ0v) is 17.0. The summed E-state index contributed by atoms with van der Waals surface area (Å²) in [5.41, 5.74) is -0.890. The van der Waals surface area contributed by atoms with Gasteiger partial charge in [0.1, 0.15) is 17.9 Å². The van der Waals surface area contributed by atoms with Crippen LogP contribution in [0.25, 0.3) is 5.82 Å². The highest BCUT2D eigenvalue weighted by Crippen LogP contribution is 2.31. The van der Waals surface area contributed by atoms with Gasteiger partial charge in [-0.2, -0.15) is 13.2 Å². The van der Waals surface area contributed by atoms with Gasteiger partial charge in [-0.05, 0) is 54.6 Å². The molecule has 0 saturated carbocycles. The number of nitrogens with zero attached hydrogens (tertiary/aromatic N) is 3. The highest BCUT2D eigenvalue weighted by atomic mass is 32.2. The summed E-state index contributed by atoms with van der Waals surface area (Å²) < 4.78 is 73.3. The van der Waals surface area contributed by atoms with Crippen LogP contribution in [-0.4, -0.2) is 23.0 Å². The SMILES string of the molecule is O=S(=O)(Nc1ccc(Oc2cc(-n3cccc3)ncn2)cc1)c1cccc(C(F)(F)F)c1. The third-order valence-electron chi connectivity index (χ3n) is 4.30. The lowest BCUT2D eigenvalue weighted by molar-refractivity contribution is -0.137. The van der Waals surface area contributed by atoms with E-state index in [1.807, 2.05) is 24.5 Å². The molecule has 2 aromatic heterocycles. The van der Waals surface area contributed by atoms with Crippen molar-refractivity contribution in [3.05, 3.63) is 91.0 Å². The Morgan fingerprint density at radius 2 is 1.62 bits per heavy atom. The molecule has 0 unspecified atom stereocenters. The average molecular weight is 460 g/mol. The average Bonchev–Trinajstić information content (AvgIpc) is 3.30. The Balaban J connectivity index is 1.48. The maximum absolute atomic E-state index is 12.9. The van der Waals surface area contributed by atoms with Crippen molar-refractivity contribution >= 4 is 15.7 Å². The van der Waals surface area contributed by atoms with Crippen molar-refractivity contribution in [1.29, 1.82) is 0 Å². The Morgan fingerprint density at radius 3 is 2.31 bits per heavy atom. The topological polar surface area (TPSA) is 86.1 Å². The van der Waals surface area contributed by atoms with Gasteiger partial charge in [0.05, 0.1) is 10.5 Å². The van der Waals surface area contributed by atoms with Gasteiger partial charge in [0.15, 0.2) is 0 Å². The van der Waals surface area contributed by atoms with Crippen LogP contribution in [0.15, 0.2) is 90.3 Å². The lowest BCUT2D eigenvalue weighted by atomic mass is 10.2. The van der Waals surface area contributed by atoms with E-state index in [1.165, 1.54) is 30.6 Å². The van der Waals surface area contributed by atoms with Crippen LogP contribution in [0.4, 0.5) is 18.9 Å². The van der Waals surface area contributed by atoms with Crippen molar-refractivity contribution in [3.63, 3.8) is 0 Å². The largest absolute Gasteiger partial charge is 0.439 e. The number of rotatable bonds is 6. The normalized spacial score (nSPS) is 11.8. The van der Waals surface area contributed by atoms with E-state index in [0.717, 1.165) is 18.2 Å². The van der Waals surface area contributed by atoms with E-state index in [0.29, 0.717) is 17.6 Å². The number of alkyl halides is 3. The van der Waals surface area contributed by atoms with Crippen LogP contribution in [-0.2, 0) is 16.2 Å². The first-order valence-electron chi connectivity index (χ1n) is 9.14. The quantitative estimate of drug-likeness (QED) is 0.443. The Bertz CT molecular complexity index is 1320. The van der Waals surface area contributed by atoms with Crippen LogP contribution < -0.4 is 9.46 Å². The van der Waals surface area contributed by atoms with Crippen LogP contribution in [0, 0.1) is 0 Å². The molecule has 7 nitrogen and oxygen atoms in total. The van der Waals surface area contributed by atoms with E-state index in [-0.39, 0.29) is 11.6 Å². The van der Waals surface area contributed by atoms with E-state index >= 15 is 0 Å². The van der Waals surface area contributed by atoms with Crippen LogP contribution in [0.1, 0.15) is 5.56 Å². The summed E-state index contributed by atoms with van der Waals surface area (Å²) >= 11 is 0. The molecule has 0 atom stereocenters. The molecule has 32 heavy (non-hydrogen) atoms. The first kappa shape index (κ1) is 21.4. The van der Waals surface area contributed by atoms with E-state index in [9.17, 15) is 21.6 Å². The lowest BCUT2D eigenvalue weighted by Crippen LogP contribution is -2.14. The standard InChI is InChI=1S/C21H15F3N4O3S/c22-21(23,24)15-4-3-5-18(12-15)32(29,30)27-16-6-8-17(9-7-16)31-20-13-19(25-14-26-20)28-10-1-2-11-28/h1-14,27H. The maximum Gasteiger partial charge on any atom is 0.416 e. The molecule has 11 heteroatoms. The third-order valence-corrected chi connectivity index (χ3v) is 5.68. The number of anilines is 1. The van der Waals surface area contributed by atoms with Gasteiger partial charge < -0.3 is 9.30 Å². The van der Waals surface area contributed by atoms with Crippen molar-refractivity contribution in [3.8, 4) is 17.4 Å². The second-order valence-electron chi connectivity index (χ2n) is 6.56. The van der Waals surface area contributed by atoms with Crippen LogP contribution in [0.2, 0.25) is 0 Å². The van der Waals surface area contributed by atoms with Gasteiger partial charge >= 0.3 is 6.18 Å². The molecule has 2 aromatic carbocycles. The molecular weight excluding hydrogens is 445 g/mol. The number of benzene rings is 2. The van der Waals surface area contributed by atoms with E-state index in [1.54, 1.807) is 10.6 Å². The fourth-order valence-corrected chi connectivity index (χ4v) is 3.88. The van der Waals surface area contributed by atoms with Crippen LogP contribution in [0.3, 0.4) is 0 Å². The number of halogens is 3. The maximum atomic E-state index is 12.9. The molecule has 0 aliphatic rings. The van der Waals surface area contributed by atoms with E-state index in [4.69, 9.17) is 4.74 Å².